The highest BCUT2D eigenvalue weighted by molar-refractivity contribution is 7.07. The van der Waals surface area contributed by atoms with E-state index in [4.69, 9.17) is 41.8 Å². The van der Waals surface area contributed by atoms with Crippen molar-refractivity contribution < 1.29 is 28.2 Å². The van der Waals surface area contributed by atoms with Crippen LogP contribution in [0.5, 0.6) is 5.75 Å². The fourth-order valence-electron chi connectivity index (χ4n) is 4.88. The average Bonchev–Trinajstić information content (AvgIpc) is 3.56. The summed E-state index contributed by atoms with van der Waals surface area (Å²) in [6.07, 6.45) is 1.27. The van der Waals surface area contributed by atoms with Gasteiger partial charge in [0.05, 0.1) is 41.2 Å². The third-order valence-electron chi connectivity index (χ3n) is 6.71. The second-order valence-corrected chi connectivity index (χ2v) is 11.9. The number of ether oxygens (including phenoxy) is 3. The third kappa shape index (κ3) is 6.10. The van der Waals surface area contributed by atoms with E-state index < -0.39 is 23.5 Å². The summed E-state index contributed by atoms with van der Waals surface area (Å²) in [5.74, 6) is 0.0477. The molecule has 0 saturated carbocycles. The Morgan fingerprint density at radius 3 is 2.52 bits per heavy atom. The van der Waals surface area contributed by atoms with Crippen LogP contribution in [0, 0.1) is 0 Å². The molecular weight excluding hydrogens is 627 g/mol. The summed E-state index contributed by atoms with van der Waals surface area (Å²) < 4.78 is 24.1. The van der Waals surface area contributed by atoms with Crippen molar-refractivity contribution in [3.8, 4) is 17.1 Å². The van der Waals surface area contributed by atoms with Gasteiger partial charge in [0.15, 0.2) is 4.80 Å². The Morgan fingerprint density at radius 1 is 1.09 bits per heavy atom. The highest BCUT2D eigenvalue weighted by Gasteiger charge is 2.35. The quantitative estimate of drug-likeness (QED) is 0.216. The van der Waals surface area contributed by atoms with E-state index in [9.17, 15) is 14.4 Å². The summed E-state index contributed by atoms with van der Waals surface area (Å²) in [6.45, 7) is 7.06. The van der Waals surface area contributed by atoms with E-state index in [0.717, 1.165) is 11.3 Å². The average molecular weight is 656 g/mol. The van der Waals surface area contributed by atoms with Crippen LogP contribution < -0.4 is 19.6 Å². The third-order valence-corrected chi connectivity index (χ3v) is 8.17. The van der Waals surface area contributed by atoms with Gasteiger partial charge in [0.2, 0.25) is 0 Å². The molecule has 1 atom stereocenters. The van der Waals surface area contributed by atoms with Crippen molar-refractivity contribution in [2.75, 3.05) is 13.7 Å². The van der Waals surface area contributed by atoms with Crippen LogP contribution in [0.1, 0.15) is 55.4 Å². The number of allylic oxidation sites excluding steroid dienone is 1. The first-order valence-electron chi connectivity index (χ1n) is 13.7. The molecule has 2 aromatic heterocycles. The van der Waals surface area contributed by atoms with Gasteiger partial charge in [0, 0.05) is 27.2 Å². The van der Waals surface area contributed by atoms with Gasteiger partial charge < -0.3 is 18.6 Å². The molecule has 0 saturated heterocycles. The first kappa shape index (κ1) is 31.3. The topological polar surface area (TPSA) is 109 Å². The number of carbonyl (C=O) groups is 2. The number of carbonyl (C=O) groups excluding carboxylic acids is 2. The standard InChI is InChI=1S/C32H28Cl2N2O7S/c1-6-41-31(39)27-17(4)35-32-36(28(27)23-14-19(34)8-11-24(23)40-5)29(37)26(44-32)15-20-9-12-25(43-20)22-13-18(33)7-10-21(22)30(38)42-16(2)3/h7-16,28H,6H2,1-5H3/b26-15-/t28-/m0/s1. The second-order valence-electron chi connectivity index (χ2n) is 10.0. The van der Waals surface area contributed by atoms with E-state index in [1.807, 2.05) is 0 Å². The first-order chi connectivity index (χ1) is 21.0. The van der Waals surface area contributed by atoms with E-state index in [2.05, 4.69) is 4.99 Å². The summed E-state index contributed by atoms with van der Waals surface area (Å²) in [5.41, 5.74) is 1.45. The number of thiazole rings is 1. The van der Waals surface area contributed by atoms with Crippen molar-refractivity contribution in [1.82, 2.24) is 4.57 Å². The van der Waals surface area contributed by atoms with Crippen molar-refractivity contribution in [1.29, 1.82) is 0 Å². The molecule has 3 heterocycles. The molecule has 0 fully saturated rings. The van der Waals surface area contributed by atoms with Crippen molar-refractivity contribution in [2.24, 2.45) is 4.99 Å². The number of benzene rings is 2. The Bertz CT molecular complexity index is 1990. The summed E-state index contributed by atoms with van der Waals surface area (Å²) in [5, 5.41) is 0.818. The fourth-order valence-corrected chi connectivity index (χ4v) is 6.26. The number of methoxy groups -OCH3 is 1. The number of esters is 2. The molecule has 0 N–H and O–H groups in total. The van der Waals surface area contributed by atoms with Gasteiger partial charge in [-0.05, 0) is 76.2 Å². The minimum Gasteiger partial charge on any atom is -0.496 e. The molecule has 0 spiro atoms. The van der Waals surface area contributed by atoms with Crippen LogP contribution in [-0.4, -0.2) is 36.3 Å². The van der Waals surface area contributed by atoms with Gasteiger partial charge in [-0.3, -0.25) is 9.36 Å². The fraction of sp³-hybridized carbons (Fsp3) is 0.250. The van der Waals surface area contributed by atoms with Gasteiger partial charge in [-0.15, -0.1) is 0 Å². The number of nitrogens with zero attached hydrogens (tertiary/aromatic N) is 2. The molecule has 0 aliphatic carbocycles. The number of hydrogen-bond donors (Lipinski definition) is 0. The van der Waals surface area contributed by atoms with Crippen molar-refractivity contribution in [3.05, 3.63) is 106 Å². The molecule has 4 aromatic rings. The summed E-state index contributed by atoms with van der Waals surface area (Å²) in [6, 6.07) is 12.3. The zero-order valence-electron chi connectivity index (χ0n) is 24.5. The minimum atomic E-state index is -0.908. The van der Waals surface area contributed by atoms with E-state index in [1.165, 1.54) is 11.7 Å². The van der Waals surface area contributed by atoms with Gasteiger partial charge in [0.1, 0.15) is 23.3 Å². The molecule has 0 bridgehead atoms. The molecular formula is C32H28Cl2N2O7S. The number of furan rings is 1. The number of aromatic nitrogens is 1. The van der Waals surface area contributed by atoms with Crippen LogP contribution in [-0.2, 0) is 14.3 Å². The van der Waals surface area contributed by atoms with Gasteiger partial charge in [-0.25, -0.2) is 14.6 Å². The maximum Gasteiger partial charge on any atom is 0.339 e. The van der Waals surface area contributed by atoms with Gasteiger partial charge in [-0.2, -0.15) is 0 Å². The van der Waals surface area contributed by atoms with Crippen molar-refractivity contribution in [3.63, 3.8) is 0 Å². The Balaban J connectivity index is 1.64. The second kappa shape index (κ2) is 12.9. The molecule has 0 radical (unpaired) electrons. The number of hydrogen-bond acceptors (Lipinski definition) is 9. The lowest BCUT2D eigenvalue weighted by Crippen LogP contribution is -2.40. The minimum absolute atomic E-state index is 0.143. The predicted molar refractivity (Wildman–Crippen MR) is 168 cm³/mol. The number of halogens is 2. The van der Waals surface area contributed by atoms with Crippen LogP contribution in [0.3, 0.4) is 0 Å². The highest BCUT2D eigenvalue weighted by Crippen LogP contribution is 2.37. The molecule has 44 heavy (non-hydrogen) atoms. The van der Waals surface area contributed by atoms with Gasteiger partial charge in [0.25, 0.3) is 5.56 Å². The van der Waals surface area contributed by atoms with E-state index >= 15 is 0 Å². The lowest BCUT2D eigenvalue weighted by Gasteiger charge is -2.26. The Labute approximate surface area is 266 Å². The van der Waals surface area contributed by atoms with Gasteiger partial charge >= 0.3 is 11.9 Å². The monoisotopic (exact) mass is 654 g/mol. The predicted octanol–water partition coefficient (Wildman–Crippen LogP) is 5.94. The maximum atomic E-state index is 14.0. The normalized spacial score (nSPS) is 14.8. The molecule has 1 aliphatic rings. The zero-order valence-corrected chi connectivity index (χ0v) is 26.8. The summed E-state index contributed by atoms with van der Waals surface area (Å²) in [7, 11) is 1.50. The maximum absolute atomic E-state index is 14.0. The number of rotatable bonds is 8. The summed E-state index contributed by atoms with van der Waals surface area (Å²) in [4.78, 5) is 44.9. The Morgan fingerprint density at radius 2 is 1.82 bits per heavy atom. The SMILES string of the molecule is CCOC(=O)C1=C(C)N=c2s/c(=C\c3ccc(-c4cc(Cl)ccc4C(=O)OC(C)C)o3)c(=O)n2[C@H]1c1cc(Cl)ccc1OC. The Hall–Kier alpha value is -4.12. The zero-order chi connectivity index (χ0) is 31.7. The lowest BCUT2D eigenvalue weighted by molar-refractivity contribution is -0.139. The van der Waals surface area contributed by atoms with E-state index in [1.54, 1.807) is 82.3 Å². The van der Waals surface area contributed by atoms with Crippen LogP contribution >= 0.6 is 34.5 Å². The first-order valence-corrected chi connectivity index (χ1v) is 15.2. The number of fused-ring (bicyclic) bond motifs is 1. The van der Waals surface area contributed by atoms with E-state index in [-0.39, 0.29) is 18.3 Å². The van der Waals surface area contributed by atoms with Crippen molar-refractivity contribution >= 4 is 52.6 Å². The van der Waals surface area contributed by atoms with E-state index in [0.29, 0.717) is 59.0 Å². The van der Waals surface area contributed by atoms with Crippen LogP contribution in [0.25, 0.3) is 17.4 Å². The molecule has 0 unspecified atom stereocenters. The van der Waals surface area contributed by atoms with Crippen molar-refractivity contribution in [2.45, 2.75) is 39.8 Å². The lowest BCUT2D eigenvalue weighted by atomic mass is 9.95. The molecule has 5 rings (SSSR count). The van der Waals surface area contributed by atoms with Crippen LogP contribution in [0.15, 0.2) is 74.0 Å². The molecule has 12 heteroatoms. The molecule has 9 nitrogen and oxygen atoms in total. The molecule has 2 aromatic carbocycles. The summed E-state index contributed by atoms with van der Waals surface area (Å²) >= 11 is 13.7. The Kier molecular flexibility index (Phi) is 9.15. The molecule has 228 valence electrons. The largest absolute Gasteiger partial charge is 0.496 e. The molecule has 1 aliphatic heterocycles. The van der Waals surface area contributed by atoms with Crippen LogP contribution in [0.4, 0.5) is 0 Å². The van der Waals surface area contributed by atoms with Gasteiger partial charge in [-0.1, -0.05) is 34.5 Å². The molecule has 0 amide bonds. The highest BCUT2D eigenvalue weighted by atomic mass is 35.5. The van der Waals surface area contributed by atoms with Crippen LogP contribution in [0.2, 0.25) is 10.0 Å². The smallest absolute Gasteiger partial charge is 0.339 e.